The minimum atomic E-state index is -0.564. The maximum absolute atomic E-state index is 13.2. The number of rotatable bonds is 9. The standard InChI is InChI=1S/C25H32N4O4/c1-18(25(32)33-17-21-7-4-3-5-8-21)16-29(19(2)30)28-14-6-9-22(24(28)31)11-10-20-12-13-27-23(26)15-20/h3-5,7-8,12-13,15,18,22H,6,9-11,14,16-17H2,1-2H3,(H2,26,27)/t18-,22+/m1/s1. The van der Waals surface area contributed by atoms with Crippen molar-refractivity contribution in [3.63, 3.8) is 0 Å². The summed E-state index contributed by atoms with van der Waals surface area (Å²) in [4.78, 5) is 42.1. The molecule has 8 nitrogen and oxygen atoms in total. The Bertz CT molecular complexity index is 966. The first-order valence-corrected chi connectivity index (χ1v) is 11.4. The second-order valence-electron chi connectivity index (χ2n) is 8.52. The number of hydrogen-bond donors (Lipinski definition) is 1. The molecule has 0 bridgehead atoms. The predicted molar refractivity (Wildman–Crippen MR) is 124 cm³/mol. The number of amides is 2. The van der Waals surface area contributed by atoms with Gasteiger partial charge in [0.15, 0.2) is 0 Å². The van der Waals surface area contributed by atoms with Crippen LogP contribution in [0.1, 0.15) is 44.2 Å². The zero-order valence-corrected chi connectivity index (χ0v) is 19.3. The smallest absolute Gasteiger partial charge is 0.310 e. The van der Waals surface area contributed by atoms with Gasteiger partial charge in [-0.15, -0.1) is 0 Å². The van der Waals surface area contributed by atoms with Crippen LogP contribution in [0.3, 0.4) is 0 Å². The first-order valence-electron chi connectivity index (χ1n) is 11.4. The van der Waals surface area contributed by atoms with Crippen LogP contribution in [-0.2, 0) is 32.1 Å². The Labute approximate surface area is 194 Å². The largest absolute Gasteiger partial charge is 0.461 e. The molecule has 1 aliphatic rings. The third-order valence-electron chi connectivity index (χ3n) is 5.88. The molecule has 8 heteroatoms. The van der Waals surface area contributed by atoms with Gasteiger partial charge in [-0.05, 0) is 48.9 Å². The van der Waals surface area contributed by atoms with Crippen molar-refractivity contribution in [2.45, 2.75) is 46.1 Å². The molecule has 1 aromatic carbocycles. The van der Waals surface area contributed by atoms with E-state index >= 15 is 0 Å². The van der Waals surface area contributed by atoms with Gasteiger partial charge in [0, 0.05) is 25.6 Å². The fourth-order valence-corrected chi connectivity index (χ4v) is 4.03. The fraction of sp³-hybridized carbons (Fsp3) is 0.440. The molecule has 0 spiro atoms. The minimum absolute atomic E-state index is 0.0802. The molecule has 1 aromatic heterocycles. The van der Waals surface area contributed by atoms with E-state index in [4.69, 9.17) is 10.5 Å². The summed E-state index contributed by atoms with van der Waals surface area (Å²) in [6.07, 6.45) is 4.61. The molecule has 2 amide bonds. The van der Waals surface area contributed by atoms with Crippen molar-refractivity contribution in [3.8, 4) is 0 Å². The molecule has 1 fully saturated rings. The summed E-state index contributed by atoms with van der Waals surface area (Å²) in [7, 11) is 0. The van der Waals surface area contributed by atoms with Crippen molar-refractivity contribution in [1.29, 1.82) is 0 Å². The van der Waals surface area contributed by atoms with Crippen LogP contribution in [0.25, 0.3) is 0 Å². The van der Waals surface area contributed by atoms with Gasteiger partial charge in [0.05, 0.1) is 12.5 Å². The second kappa shape index (κ2) is 11.4. The van der Waals surface area contributed by atoms with Crippen LogP contribution >= 0.6 is 0 Å². The van der Waals surface area contributed by atoms with Crippen LogP contribution in [-0.4, -0.2) is 45.9 Å². The quantitative estimate of drug-likeness (QED) is 0.587. The third-order valence-corrected chi connectivity index (χ3v) is 5.88. The van der Waals surface area contributed by atoms with Crippen molar-refractivity contribution in [1.82, 2.24) is 15.0 Å². The molecule has 176 valence electrons. The number of benzene rings is 1. The van der Waals surface area contributed by atoms with E-state index in [2.05, 4.69) is 4.98 Å². The lowest BCUT2D eigenvalue weighted by Crippen LogP contribution is -2.55. The molecule has 0 radical (unpaired) electrons. The van der Waals surface area contributed by atoms with Crippen LogP contribution in [0.4, 0.5) is 5.82 Å². The van der Waals surface area contributed by atoms with Crippen molar-refractivity contribution < 1.29 is 19.1 Å². The first kappa shape index (κ1) is 24.2. The molecule has 2 aromatic rings. The number of carbonyl (C=O) groups is 3. The normalized spacial score (nSPS) is 16.8. The average molecular weight is 453 g/mol. The average Bonchev–Trinajstić information content (AvgIpc) is 2.81. The molecule has 33 heavy (non-hydrogen) atoms. The summed E-state index contributed by atoms with van der Waals surface area (Å²) < 4.78 is 5.41. The SMILES string of the molecule is CC(=O)N(C[C@@H](C)C(=O)OCc1ccccc1)N1CCC[C@@H](CCc2ccnc(N)c2)C1=O. The highest BCUT2D eigenvalue weighted by molar-refractivity contribution is 5.83. The maximum Gasteiger partial charge on any atom is 0.310 e. The van der Waals surface area contributed by atoms with E-state index in [9.17, 15) is 14.4 Å². The van der Waals surface area contributed by atoms with Gasteiger partial charge in [0.25, 0.3) is 0 Å². The molecule has 3 rings (SSSR count). The number of hydrogen-bond acceptors (Lipinski definition) is 6. The number of nitrogen functional groups attached to an aromatic ring is 1. The number of pyridine rings is 1. The Morgan fingerprint density at radius 2 is 2.00 bits per heavy atom. The molecule has 1 aliphatic heterocycles. The Hall–Kier alpha value is -3.42. The fourth-order valence-electron chi connectivity index (χ4n) is 4.03. The van der Waals surface area contributed by atoms with Gasteiger partial charge in [-0.2, -0.15) is 0 Å². The number of aromatic nitrogens is 1. The summed E-state index contributed by atoms with van der Waals surface area (Å²) in [5.74, 6) is -1.04. The summed E-state index contributed by atoms with van der Waals surface area (Å²) in [5, 5.41) is 2.91. The van der Waals surface area contributed by atoms with Crippen molar-refractivity contribution in [2.75, 3.05) is 18.8 Å². The van der Waals surface area contributed by atoms with E-state index in [0.29, 0.717) is 25.2 Å². The van der Waals surface area contributed by atoms with Gasteiger partial charge in [0.2, 0.25) is 11.8 Å². The number of nitrogens with two attached hydrogens (primary N) is 1. The van der Waals surface area contributed by atoms with Gasteiger partial charge >= 0.3 is 5.97 Å². The molecule has 0 unspecified atom stereocenters. The zero-order valence-electron chi connectivity index (χ0n) is 19.3. The van der Waals surface area contributed by atoms with Gasteiger partial charge in [0.1, 0.15) is 12.4 Å². The molecule has 2 atom stereocenters. The molecular weight excluding hydrogens is 420 g/mol. The van der Waals surface area contributed by atoms with Crippen molar-refractivity contribution in [2.24, 2.45) is 11.8 Å². The highest BCUT2D eigenvalue weighted by atomic mass is 16.5. The number of esters is 1. The lowest BCUT2D eigenvalue weighted by Gasteiger charge is -2.40. The molecule has 0 aliphatic carbocycles. The summed E-state index contributed by atoms with van der Waals surface area (Å²) in [6, 6.07) is 13.1. The topological polar surface area (TPSA) is 106 Å². The van der Waals surface area contributed by atoms with Crippen LogP contribution in [0.2, 0.25) is 0 Å². The van der Waals surface area contributed by atoms with Gasteiger partial charge in [-0.25, -0.2) is 4.98 Å². The van der Waals surface area contributed by atoms with E-state index in [1.165, 1.54) is 16.9 Å². The lowest BCUT2D eigenvalue weighted by molar-refractivity contribution is -0.173. The number of nitrogens with zero attached hydrogens (tertiary/aromatic N) is 3. The summed E-state index contributed by atoms with van der Waals surface area (Å²) >= 11 is 0. The number of carbonyl (C=O) groups excluding carboxylic acids is 3. The van der Waals surface area contributed by atoms with Crippen molar-refractivity contribution in [3.05, 3.63) is 59.8 Å². The second-order valence-corrected chi connectivity index (χ2v) is 8.52. The lowest BCUT2D eigenvalue weighted by atomic mass is 9.91. The molecular formula is C25H32N4O4. The molecule has 0 saturated carbocycles. The van der Waals surface area contributed by atoms with E-state index in [-0.39, 0.29) is 30.9 Å². The van der Waals surface area contributed by atoms with E-state index in [0.717, 1.165) is 24.0 Å². The Kier molecular flexibility index (Phi) is 8.40. The number of ether oxygens (including phenoxy) is 1. The number of hydrazine groups is 1. The third kappa shape index (κ3) is 6.78. The first-order chi connectivity index (χ1) is 15.8. The number of aryl methyl sites for hydroxylation is 1. The van der Waals surface area contributed by atoms with Crippen molar-refractivity contribution >= 4 is 23.6 Å². The molecule has 2 N–H and O–H groups in total. The molecule has 2 heterocycles. The van der Waals surface area contributed by atoms with E-state index < -0.39 is 11.9 Å². The van der Waals surface area contributed by atoms with Crippen LogP contribution in [0.5, 0.6) is 0 Å². The molecule has 1 saturated heterocycles. The highest BCUT2D eigenvalue weighted by Gasteiger charge is 2.34. The van der Waals surface area contributed by atoms with E-state index in [1.54, 1.807) is 13.1 Å². The van der Waals surface area contributed by atoms with Crippen LogP contribution < -0.4 is 5.73 Å². The van der Waals surface area contributed by atoms with E-state index in [1.807, 2.05) is 42.5 Å². The van der Waals surface area contributed by atoms with Gasteiger partial charge < -0.3 is 10.5 Å². The van der Waals surface area contributed by atoms with Crippen LogP contribution in [0, 0.1) is 11.8 Å². The number of anilines is 1. The minimum Gasteiger partial charge on any atom is -0.461 e. The highest BCUT2D eigenvalue weighted by Crippen LogP contribution is 2.25. The zero-order chi connectivity index (χ0) is 23.8. The summed E-state index contributed by atoms with van der Waals surface area (Å²) in [6.45, 7) is 3.86. The Morgan fingerprint density at radius 3 is 2.70 bits per heavy atom. The Balaban J connectivity index is 1.58. The van der Waals surface area contributed by atoms with Crippen LogP contribution in [0.15, 0.2) is 48.7 Å². The monoisotopic (exact) mass is 452 g/mol. The predicted octanol–water partition coefficient (Wildman–Crippen LogP) is 2.98. The number of piperidine rings is 1. The summed E-state index contributed by atoms with van der Waals surface area (Å²) in [5.41, 5.74) is 7.67. The van der Waals surface area contributed by atoms with Gasteiger partial charge in [-0.1, -0.05) is 37.3 Å². The maximum atomic E-state index is 13.2. The van der Waals surface area contributed by atoms with Gasteiger partial charge in [-0.3, -0.25) is 24.4 Å². The Morgan fingerprint density at radius 1 is 1.24 bits per heavy atom.